The first-order valence-corrected chi connectivity index (χ1v) is 7.57. The number of aromatic nitrogens is 2. The van der Waals surface area contributed by atoms with Crippen LogP contribution in [-0.2, 0) is 17.8 Å². The minimum Gasteiger partial charge on any atom is -0.476 e. The Morgan fingerprint density at radius 2 is 1.95 bits per heavy atom. The van der Waals surface area contributed by atoms with Gasteiger partial charge in [0, 0.05) is 19.0 Å². The standard InChI is InChI=1S/C15H21N3O4/c1-15(2,3)22-14(21)17-6-7-18-10(8-17)11(13(19)20)16-12(18)9-4-5-9/h9H,4-8H2,1-3H3,(H,19,20). The molecule has 2 aliphatic rings. The molecule has 7 heteroatoms. The van der Waals surface area contributed by atoms with E-state index in [9.17, 15) is 14.7 Å². The molecular weight excluding hydrogens is 286 g/mol. The first-order valence-electron chi connectivity index (χ1n) is 7.57. The highest BCUT2D eigenvalue weighted by Gasteiger charge is 2.36. The van der Waals surface area contributed by atoms with Crippen LogP contribution in [0.4, 0.5) is 4.79 Å². The van der Waals surface area contributed by atoms with Crippen LogP contribution in [-0.4, -0.2) is 43.8 Å². The van der Waals surface area contributed by atoms with E-state index >= 15 is 0 Å². The second-order valence-corrected chi connectivity index (χ2v) is 6.90. The molecule has 1 aliphatic carbocycles. The molecule has 0 bridgehead atoms. The van der Waals surface area contributed by atoms with Crippen molar-refractivity contribution in [2.24, 2.45) is 0 Å². The van der Waals surface area contributed by atoms with Gasteiger partial charge in [0.05, 0.1) is 12.2 Å². The molecule has 120 valence electrons. The predicted molar refractivity (Wildman–Crippen MR) is 77.8 cm³/mol. The van der Waals surface area contributed by atoms with Crippen LogP contribution in [0.15, 0.2) is 0 Å². The number of imidazole rings is 1. The summed E-state index contributed by atoms with van der Waals surface area (Å²) in [5.41, 5.74) is 0.102. The second kappa shape index (κ2) is 5.00. The third-order valence-corrected chi connectivity index (χ3v) is 3.83. The lowest BCUT2D eigenvalue weighted by Gasteiger charge is -2.31. The van der Waals surface area contributed by atoms with Crippen molar-refractivity contribution in [1.29, 1.82) is 0 Å². The fourth-order valence-corrected chi connectivity index (χ4v) is 2.70. The van der Waals surface area contributed by atoms with Crippen LogP contribution in [0.3, 0.4) is 0 Å². The zero-order valence-corrected chi connectivity index (χ0v) is 13.1. The number of aromatic carboxylic acids is 1. The number of hydrogen-bond donors (Lipinski definition) is 1. The quantitative estimate of drug-likeness (QED) is 0.905. The van der Waals surface area contributed by atoms with Crippen molar-refractivity contribution in [3.05, 3.63) is 17.2 Å². The molecule has 1 amide bonds. The van der Waals surface area contributed by atoms with Crippen molar-refractivity contribution in [3.8, 4) is 0 Å². The van der Waals surface area contributed by atoms with Crippen molar-refractivity contribution in [2.75, 3.05) is 6.54 Å². The highest BCUT2D eigenvalue weighted by atomic mass is 16.6. The molecule has 1 N–H and O–H groups in total. The zero-order chi connectivity index (χ0) is 16.1. The average Bonchev–Trinajstić information content (AvgIpc) is 3.16. The summed E-state index contributed by atoms with van der Waals surface area (Å²) in [4.78, 5) is 29.5. The summed E-state index contributed by atoms with van der Waals surface area (Å²) in [5.74, 6) is 0.192. The number of carbonyl (C=O) groups is 2. The molecule has 0 aromatic carbocycles. The average molecular weight is 307 g/mol. The largest absolute Gasteiger partial charge is 0.476 e. The Morgan fingerprint density at radius 3 is 2.50 bits per heavy atom. The minimum absolute atomic E-state index is 0.0650. The Bertz CT molecular complexity index is 625. The Kier molecular flexibility index (Phi) is 3.38. The number of carbonyl (C=O) groups excluding carboxylic acids is 1. The third kappa shape index (κ3) is 2.80. The van der Waals surface area contributed by atoms with E-state index in [-0.39, 0.29) is 12.2 Å². The third-order valence-electron chi connectivity index (χ3n) is 3.83. The molecule has 2 heterocycles. The number of carboxylic acid groups (broad SMARTS) is 1. The van der Waals surface area contributed by atoms with Gasteiger partial charge < -0.3 is 19.3 Å². The monoisotopic (exact) mass is 307 g/mol. The molecule has 1 aliphatic heterocycles. The van der Waals surface area contributed by atoms with Gasteiger partial charge in [-0.25, -0.2) is 14.6 Å². The summed E-state index contributed by atoms with van der Waals surface area (Å²) >= 11 is 0. The van der Waals surface area contributed by atoms with Crippen molar-refractivity contribution in [1.82, 2.24) is 14.5 Å². The fraction of sp³-hybridized carbons (Fsp3) is 0.667. The van der Waals surface area contributed by atoms with Gasteiger partial charge >= 0.3 is 12.1 Å². The molecule has 1 fully saturated rings. The molecule has 0 unspecified atom stereocenters. The molecule has 0 atom stereocenters. The summed E-state index contributed by atoms with van der Waals surface area (Å²) in [6.07, 6.45) is 1.71. The van der Waals surface area contributed by atoms with Gasteiger partial charge in [-0.05, 0) is 33.6 Å². The van der Waals surface area contributed by atoms with E-state index in [4.69, 9.17) is 4.74 Å². The maximum atomic E-state index is 12.2. The lowest BCUT2D eigenvalue weighted by Crippen LogP contribution is -2.42. The Hall–Kier alpha value is -2.05. The molecule has 0 saturated heterocycles. The Labute approximate surface area is 128 Å². The molecule has 0 radical (unpaired) electrons. The Balaban J connectivity index is 1.85. The summed E-state index contributed by atoms with van der Waals surface area (Å²) < 4.78 is 7.34. The van der Waals surface area contributed by atoms with Gasteiger partial charge in [-0.2, -0.15) is 0 Å². The number of fused-ring (bicyclic) bond motifs is 1. The number of carboxylic acids is 1. The maximum Gasteiger partial charge on any atom is 0.410 e. The second-order valence-electron chi connectivity index (χ2n) is 6.90. The molecule has 3 rings (SSSR count). The van der Waals surface area contributed by atoms with Crippen molar-refractivity contribution < 1.29 is 19.4 Å². The number of ether oxygens (including phenoxy) is 1. The van der Waals surface area contributed by atoms with Crippen LogP contribution in [0.1, 0.15) is 61.5 Å². The molecule has 0 spiro atoms. The van der Waals surface area contributed by atoms with Crippen LogP contribution in [0.5, 0.6) is 0 Å². The SMILES string of the molecule is CC(C)(C)OC(=O)N1CCn2c(C3CC3)nc(C(=O)O)c2C1. The topological polar surface area (TPSA) is 84.7 Å². The molecule has 22 heavy (non-hydrogen) atoms. The van der Waals surface area contributed by atoms with Gasteiger partial charge in [0.25, 0.3) is 0 Å². The summed E-state index contributed by atoms with van der Waals surface area (Å²) in [7, 11) is 0. The van der Waals surface area contributed by atoms with Crippen LogP contribution >= 0.6 is 0 Å². The summed E-state index contributed by atoms with van der Waals surface area (Å²) in [6, 6.07) is 0. The van der Waals surface area contributed by atoms with Crippen molar-refractivity contribution in [2.45, 2.75) is 58.2 Å². The van der Waals surface area contributed by atoms with Crippen molar-refractivity contribution in [3.63, 3.8) is 0 Å². The molecule has 7 nitrogen and oxygen atoms in total. The van der Waals surface area contributed by atoms with Gasteiger partial charge in [0.1, 0.15) is 11.4 Å². The van der Waals surface area contributed by atoms with Gasteiger partial charge in [0.2, 0.25) is 0 Å². The maximum absolute atomic E-state index is 12.2. The summed E-state index contributed by atoms with van der Waals surface area (Å²) in [5, 5.41) is 9.36. The predicted octanol–water partition coefficient (Wildman–Crippen LogP) is 2.21. The molecule has 1 aromatic heterocycles. The highest BCUT2D eigenvalue weighted by molar-refractivity contribution is 5.87. The number of nitrogens with zero attached hydrogens (tertiary/aromatic N) is 3. The van der Waals surface area contributed by atoms with Crippen molar-refractivity contribution >= 4 is 12.1 Å². The first kappa shape index (κ1) is 14.9. The van der Waals surface area contributed by atoms with E-state index < -0.39 is 17.7 Å². The highest BCUT2D eigenvalue weighted by Crippen LogP contribution is 2.41. The molecule has 1 aromatic rings. The fourth-order valence-electron chi connectivity index (χ4n) is 2.70. The lowest BCUT2D eigenvalue weighted by atomic mass is 10.2. The smallest absolute Gasteiger partial charge is 0.410 e. The Morgan fingerprint density at radius 1 is 1.27 bits per heavy atom. The normalized spacial score (nSPS) is 18.0. The van der Waals surface area contributed by atoms with Gasteiger partial charge in [-0.1, -0.05) is 0 Å². The summed E-state index contributed by atoms with van der Waals surface area (Å²) in [6.45, 7) is 6.75. The number of amides is 1. The van der Waals surface area contributed by atoms with E-state index in [1.54, 1.807) is 4.90 Å². The van der Waals surface area contributed by atoms with Crippen LogP contribution in [0.25, 0.3) is 0 Å². The number of hydrogen-bond acceptors (Lipinski definition) is 4. The van der Waals surface area contributed by atoms with Gasteiger partial charge in [0.15, 0.2) is 5.69 Å². The first-order chi connectivity index (χ1) is 10.3. The van der Waals surface area contributed by atoms with Gasteiger partial charge in [-0.3, -0.25) is 0 Å². The van der Waals surface area contributed by atoms with Crippen LogP contribution in [0.2, 0.25) is 0 Å². The van der Waals surface area contributed by atoms with Crippen LogP contribution < -0.4 is 0 Å². The lowest BCUT2D eigenvalue weighted by molar-refractivity contribution is 0.0195. The minimum atomic E-state index is -1.04. The van der Waals surface area contributed by atoms with Gasteiger partial charge in [-0.15, -0.1) is 0 Å². The van der Waals surface area contributed by atoms with E-state index in [1.165, 1.54) is 0 Å². The molecule has 1 saturated carbocycles. The molecular formula is C15H21N3O4. The van der Waals surface area contributed by atoms with Crippen LogP contribution in [0, 0.1) is 0 Å². The van der Waals surface area contributed by atoms with E-state index in [0.717, 1.165) is 18.7 Å². The van der Waals surface area contributed by atoms with E-state index in [0.29, 0.717) is 24.7 Å². The van der Waals surface area contributed by atoms with E-state index in [1.807, 2.05) is 25.3 Å². The zero-order valence-electron chi connectivity index (χ0n) is 13.1. The van der Waals surface area contributed by atoms with E-state index in [2.05, 4.69) is 4.98 Å². The number of rotatable bonds is 2.